The summed E-state index contributed by atoms with van der Waals surface area (Å²) in [7, 11) is 0. The van der Waals surface area contributed by atoms with Crippen LogP contribution in [0.4, 0.5) is 0 Å². The van der Waals surface area contributed by atoms with Crippen LogP contribution >= 0.6 is 0 Å². The quantitative estimate of drug-likeness (QED) is 0.707. The smallest absolute Gasteiger partial charge is 0.261 e. The summed E-state index contributed by atoms with van der Waals surface area (Å²) in [6, 6.07) is 8.67. The number of benzene rings is 1. The summed E-state index contributed by atoms with van der Waals surface area (Å²) in [5.74, 6) is -0.694. The van der Waals surface area contributed by atoms with Gasteiger partial charge in [0.05, 0.1) is 0 Å². The summed E-state index contributed by atoms with van der Waals surface area (Å²) in [5, 5.41) is 5.64. The third kappa shape index (κ3) is 4.35. The number of amides is 2. The topological polar surface area (TPSA) is 108 Å². The lowest BCUT2D eigenvalue weighted by atomic mass is 9.75. The van der Waals surface area contributed by atoms with Gasteiger partial charge in [-0.1, -0.05) is 26.0 Å². The molecule has 7 nitrogen and oxygen atoms in total. The van der Waals surface area contributed by atoms with Crippen LogP contribution in [0.1, 0.15) is 75.4 Å². The minimum absolute atomic E-state index is 0.0633. The van der Waals surface area contributed by atoms with Gasteiger partial charge in [0, 0.05) is 35.8 Å². The van der Waals surface area contributed by atoms with E-state index in [-0.39, 0.29) is 29.2 Å². The minimum atomic E-state index is -0.535. The molecule has 0 atom stereocenters. The summed E-state index contributed by atoms with van der Waals surface area (Å²) < 4.78 is 0. The lowest BCUT2D eigenvalue weighted by Gasteiger charge is -2.29. The van der Waals surface area contributed by atoms with E-state index >= 15 is 0 Å². The highest BCUT2D eigenvalue weighted by Crippen LogP contribution is 2.33. The van der Waals surface area contributed by atoms with Crippen molar-refractivity contribution in [1.82, 2.24) is 15.6 Å². The Balaban J connectivity index is 1.43. The fraction of sp³-hybridized carbons (Fsp3) is 0.391. The molecule has 2 amide bonds. The van der Waals surface area contributed by atoms with Crippen molar-refractivity contribution in [2.75, 3.05) is 0 Å². The normalized spacial score (nSPS) is 17.2. The molecule has 2 aromatic rings. The molecule has 4 rings (SSSR count). The number of ketones is 1. The van der Waals surface area contributed by atoms with Gasteiger partial charge in [0.25, 0.3) is 17.4 Å². The molecule has 1 fully saturated rings. The molecule has 1 saturated carbocycles. The van der Waals surface area contributed by atoms with E-state index in [1.807, 2.05) is 13.8 Å². The van der Waals surface area contributed by atoms with Crippen molar-refractivity contribution in [3.8, 4) is 0 Å². The van der Waals surface area contributed by atoms with E-state index < -0.39 is 11.5 Å². The summed E-state index contributed by atoms with van der Waals surface area (Å²) in [6.07, 6.45) is 3.03. The Hall–Kier alpha value is -3.22. The van der Waals surface area contributed by atoms with E-state index in [0.717, 1.165) is 18.4 Å². The number of aromatic amines is 1. The van der Waals surface area contributed by atoms with Crippen LogP contribution < -0.4 is 16.2 Å². The highest BCUT2D eigenvalue weighted by molar-refractivity contribution is 6.02. The molecule has 2 aliphatic carbocycles. The number of carbonyl (C=O) groups excluding carboxylic acids is 3. The van der Waals surface area contributed by atoms with Gasteiger partial charge in [-0.2, -0.15) is 0 Å². The first-order valence-electron chi connectivity index (χ1n) is 10.2. The number of hydrogen-bond donors (Lipinski definition) is 3. The first-order chi connectivity index (χ1) is 14.2. The van der Waals surface area contributed by atoms with Crippen molar-refractivity contribution < 1.29 is 14.4 Å². The maximum atomic E-state index is 12.6. The predicted octanol–water partition coefficient (Wildman–Crippen LogP) is 2.35. The Morgan fingerprint density at radius 2 is 1.77 bits per heavy atom. The fourth-order valence-corrected chi connectivity index (χ4v) is 3.74. The number of fused-ring (bicyclic) bond motifs is 1. The highest BCUT2D eigenvalue weighted by atomic mass is 16.2. The van der Waals surface area contributed by atoms with Gasteiger partial charge in [-0.05, 0) is 48.4 Å². The third-order valence-electron chi connectivity index (χ3n) is 5.54. The van der Waals surface area contributed by atoms with Gasteiger partial charge in [0.15, 0.2) is 5.78 Å². The van der Waals surface area contributed by atoms with Crippen LogP contribution in [0.15, 0.2) is 35.1 Å². The number of hydrogen-bond acceptors (Lipinski definition) is 4. The Morgan fingerprint density at radius 3 is 2.43 bits per heavy atom. The van der Waals surface area contributed by atoms with E-state index in [1.165, 1.54) is 6.07 Å². The fourth-order valence-electron chi connectivity index (χ4n) is 3.74. The van der Waals surface area contributed by atoms with Crippen molar-refractivity contribution in [3.63, 3.8) is 0 Å². The molecule has 1 aromatic carbocycles. The Bertz CT molecular complexity index is 1080. The number of rotatable bonds is 5. The zero-order chi connectivity index (χ0) is 21.5. The van der Waals surface area contributed by atoms with Crippen LogP contribution in [-0.2, 0) is 13.0 Å². The maximum Gasteiger partial charge on any atom is 0.261 e. The molecule has 1 aromatic heterocycles. The van der Waals surface area contributed by atoms with Crippen molar-refractivity contribution in [2.24, 2.45) is 5.41 Å². The monoisotopic (exact) mass is 407 g/mol. The van der Waals surface area contributed by atoms with Crippen LogP contribution in [0.25, 0.3) is 0 Å². The van der Waals surface area contributed by atoms with E-state index in [2.05, 4.69) is 15.6 Å². The van der Waals surface area contributed by atoms with Crippen LogP contribution in [0.3, 0.4) is 0 Å². The Morgan fingerprint density at radius 1 is 1.07 bits per heavy atom. The average molecular weight is 407 g/mol. The summed E-state index contributed by atoms with van der Waals surface area (Å²) >= 11 is 0. The molecule has 0 bridgehead atoms. The van der Waals surface area contributed by atoms with Crippen LogP contribution in [0.2, 0.25) is 0 Å². The summed E-state index contributed by atoms with van der Waals surface area (Å²) in [5.41, 5.74) is 1.62. The van der Waals surface area contributed by atoms with Gasteiger partial charge in [0.2, 0.25) is 0 Å². The van der Waals surface area contributed by atoms with Crippen LogP contribution in [0.5, 0.6) is 0 Å². The van der Waals surface area contributed by atoms with Gasteiger partial charge in [0.1, 0.15) is 5.56 Å². The molecule has 2 aliphatic rings. The second kappa shape index (κ2) is 7.55. The summed E-state index contributed by atoms with van der Waals surface area (Å²) in [4.78, 5) is 52.1. The average Bonchev–Trinajstić information content (AvgIpc) is 3.49. The molecular formula is C23H25N3O4. The number of Topliss-reactive ketones (excluding diaryl/α,β-unsaturated/α-hetero) is 1. The molecule has 0 unspecified atom stereocenters. The predicted molar refractivity (Wildman–Crippen MR) is 112 cm³/mol. The molecule has 0 spiro atoms. The molecule has 3 N–H and O–H groups in total. The lowest BCUT2D eigenvalue weighted by molar-refractivity contribution is 0.0908. The van der Waals surface area contributed by atoms with Gasteiger partial charge in [-0.3, -0.25) is 19.2 Å². The van der Waals surface area contributed by atoms with Crippen LogP contribution in [-0.4, -0.2) is 28.6 Å². The SMILES string of the molecule is CC1(C)CC(=O)c2cc(C(=O)NCc3ccc(C(=O)NC4CC4)cc3)c(=O)[nH]c2C1. The van der Waals surface area contributed by atoms with Gasteiger partial charge >= 0.3 is 0 Å². The Kier molecular flexibility index (Phi) is 5.05. The lowest BCUT2D eigenvalue weighted by Crippen LogP contribution is -2.34. The number of H-pyrrole nitrogens is 1. The van der Waals surface area contributed by atoms with Crippen molar-refractivity contribution >= 4 is 17.6 Å². The third-order valence-corrected chi connectivity index (χ3v) is 5.54. The van der Waals surface area contributed by atoms with Crippen molar-refractivity contribution in [3.05, 3.63) is 68.6 Å². The van der Waals surface area contributed by atoms with E-state index in [9.17, 15) is 19.2 Å². The second-order valence-electron chi connectivity index (χ2n) is 8.97. The molecule has 1 heterocycles. The van der Waals surface area contributed by atoms with E-state index in [1.54, 1.807) is 24.3 Å². The van der Waals surface area contributed by atoms with E-state index in [4.69, 9.17) is 0 Å². The van der Waals surface area contributed by atoms with Gasteiger partial charge in [-0.15, -0.1) is 0 Å². The van der Waals surface area contributed by atoms with Crippen LogP contribution in [0, 0.1) is 5.41 Å². The van der Waals surface area contributed by atoms with Crippen molar-refractivity contribution in [1.29, 1.82) is 0 Å². The molecule has 0 saturated heterocycles. The van der Waals surface area contributed by atoms with Gasteiger partial charge < -0.3 is 15.6 Å². The first-order valence-corrected chi connectivity index (χ1v) is 10.2. The number of aromatic nitrogens is 1. The zero-order valence-electron chi connectivity index (χ0n) is 17.1. The summed E-state index contributed by atoms with van der Waals surface area (Å²) in [6.45, 7) is 4.17. The largest absolute Gasteiger partial charge is 0.349 e. The second-order valence-corrected chi connectivity index (χ2v) is 8.97. The highest BCUT2D eigenvalue weighted by Gasteiger charge is 2.32. The maximum absolute atomic E-state index is 12.6. The van der Waals surface area contributed by atoms with E-state index in [0.29, 0.717) is 35.7 Å². The number of pyridine rings is 1. The minimum Gasteiger partial charge on any atom is -0.349 e. The molecule has 0 radical (unpaired) electrons. The Labute approximate surface area is 174 Å². The molecule has 7 heteroatoms. The molecule has 30 heavy (non-hydrogen) atoms. The van der Waals surface area contributed by atoms with Gasteiger partial charge in [-0.25, -0.2) is 0 Å². The number of nitrogens with one attached hydrogen (secondary N) is 3. The first kappa shape index (κ1) is 20.1. The number of carbonyl (C=O) groups is 3. The molecule has 156 valence electrons. The van der Waals surface area contributed by atoms with Crippen molar-refractivity contribution in [2.45, 2.75) is 52.1 Å². The standard InChI is InChI=1S/C23H25N3O4/c1-23(2)10-18-16(19(27)11-23)9-17(22(30)26-18)21(29)24-12-13-3-5-14(6-4-13)20(28)25-15-7-8-15/h3-6,9,15H,7-8,10-12H2,1-2H3,(H,24,29)(H,25,28)(H,26,30). The zero-order valence-corrected chi connectivity index (χ0v) is 17.1. The molecular weight excluding hydrogens is 382 g/mol. The molecule has 0 aliphatic heterocycles.